The summed E-state index contributed by atoms with van der Waals surface area (Å²) < 4.78 is 0. The lowest BCUT2D eigenvalue weighted by atomic mass is 10.1. The Morgan fingerprint density at radius 2 is 2.00 bits per heavy atom. The monoisotopic (exact) mass is 260 g/mol. The smallest absolute Gasteiger partial charge is 0.0914 e. The van der Waals surface area contributed by atoms with Gasteiger partial charge in [-0.2, -0.15) is 0 Å². The summed E-state index contributed by atoms with van der Waals surface area (Å²) in [6, 6.07) is 10.8. The largest absolute Gasteiger partial charge is 0.387 e. The predicted octanol–water partition coefficient (Wildman–Crippen LogP) is 1.79. The van der Waals surface area contributed by atoms with Crippen LogP contribution in [0.25, 0.3) is 0 Å². The molecule has 1 aliphatic heterocycles. The second-order valence-corrected chi connectivity index (χ2v) is 5.97. The number of hydrogen-bond acceptors (Lipinski definition) is 3. The SMILES string of the molecule is OC(CNCC1CCN(C2CC2)C1)c1ccccc1. The van der Waals surface area contributed by atoms with Crippen molar-refractivity contribution < 1.29 is 5.11 Å². The Bertz CT molecular complexity index is 391. The zero-order chi connectivity index (χ0) is 13.1. The number of nitrogens with zero attached hydrogens (tertiary/aromatic N) is 1. The molecule has 104 valence electrons. The Kier molecular flexibility index (Phi) is 4.16. The molecule has 3 nitrogen and oxygen atoms in total. The zero-order valence-electron chi connectivity index (χ0n) is 11.5. The lowest BCUT2D eigenvalue weighted by Crippen LogP contribution is -2.30. The summed E-state index contributed by atoms with van der Waals surface area (Å²) in [7, 11) is 0. The van der Waals surface area contributed by atoms with Crippen LogP contribution in [-0.4, -0.2) is 42.2 Å². The normalized spacial score (nSPS) is 25.6. The van der Waals surface area contributed by atoms with Gasteiger partial charge in [0.05, 0.1) is 6.10 Å². The van der Waals surface area contributed by atoms with E-state index in [1.54, 1.807) is 0 Å². The molecular formula is C16H24N2O. The van der Waals surface area contributed by atoms with E-state index in [0.717, 1.165) is 24.1 Å². The van der Waals surface area contributed by atoms with Crippen LogP contribution in [0.1, 0.15) is 30.9 Å². The summed E-state index contributed by atoms with van der Waals surface area (Å²) in [6.45, 7) is 4.22. The lowest BCUT2D eigenvalue weighted by Gasteiger charge is -2.16. The third kappa shape index (κ3) is 3.56. The highest BCUT2D eigenvalue weighted by atomic mass is 16.3. The van der Waals surface area contributed by atoms with Crippen molar-refractivity contribution in [2.75, 3.05) is 26.2 Å². The standard InChI is InChI=1S/C16H24N2O/c19-16(14-4-2-1-3-5-14)11-17-10-13-8-9-18(12-13)15-6-7-15/h1-5,13,15-17,19H,6-12H2. The van der Waals surface area contributed by atoms with Gasteiger partial charge in [-0.3, -0.25) is 0 Å². The second kappa shape index (κ2) is 6.04. The minimum absolute atomic E-state index is 0.387. The van der Waals surface area contributed by atoms with Crippen LogP contribution < -0.4 is 5.32 Å². The minimum Gasteiger partial charge on any atom is -0.387 e. The van der Waals surface area contributed by atoms with Gasteiger partial charge in [-0.05, 0) is 43.8 Å². The fraction of sp³-hybridized carbons (Fsp3) is 0.625. The molecule has 0 radical (unpaired) electrons. The van der Waals surface area contributed by atoms with Crippen molar-refractivity contribution in [2.24, 2.45) is 5.92 Å². The van der Waals surface area contributed by atoms with Crippen molar-refractivity contribution in [2.45, 2.75) is 31.4 Å². The molecule has 1 aromatic carbocycles. The fourth-order valence-electron chi connectivity index (χ4n) is 3.02. The molecule has 19 heavy (non-hydrogen) atoms. The van der Waals surface area contributed by atoms with E-state index in [9.17, 15) is 5.11 Å². The molecule has 0 amide bonds. The number of rotatable bonds is 6. The Labute approximate surface area is 115 Å². The van der Waals surface area contributed by atoms with E-state index in [1.165, 1.54) is 32.4 Å². The quantitative estimate of drug-likeness (QED) is 0.818. The van der Waals surface area contributed by atoms with Gasteiger partial charge in [-0.15, -0.1) is 0 Å². The van der Waals surface area contributed by atoms with Gasteiger partial charge in [-0.25, -0.2) is 0 Å². The molecule has 1 saturated heterocycles. The molecule has 0 spiro atoms. The summed E-state index contributed by atoms with van der Waals surface area (Å²) >= 11 is 0. The highest BCUT2D eigenvalue weighted by Gasteiger charge is 2.34. The molecule has 0 bridgehead atoms. The molecule has 2 aliphatic rings. The average Bonchev–Trinajstić information content (AvgIpc) is 3.20. The van der Waals surface area contributed by atoms with E-state index in [1.807, 2.05) is 30.3 Å². The maximum Gasteiger partial charge on any atom is 0.0914 e. The van der Waals surface area contributed by atoms with E-state index in [4.69, 9.17) is 0 Å². The van der Waals surface area contributed by atoms with Gasteiger partial charge in [0.1, 0.15) is 0 Å². The van der Waals surface area contributed by atoms with Crippen molar-refractivity contribution in [3.05, 3.63) is 35.9 Å². The molecule has 2 unspecified atom stereocenters. The molecule has 3 heteroatoms. The van der Waals surface area contributed by atoms with Crippen LogP contribution in [-0.2, 0) is 0 Å². The van der Waals surface area contributed by atoms with Gasteiger partial charge in [0.25, 0.3) is 0 Å². The maximum absolute atomic E-state index is 10.1. The number of aliphatic hydroxyl groups excluding tert-OH is 1. The van der Waals surface area contributed by atoms with E-state index >= 15 is 0 Å². The van der Waals surface area contributed by atoms with Gasteiger partial charge in [-0.1, -0.05) is 30.3 Å². The fourth-order valence-corrected chi connectivity index (χ4v) is 3.02. The second-order valence-electron chi connectivity index (χ2n) is 5.97. The van der Waals surface area contributed by atoms with Crippen molar-refractivity contribution in [3.8, 4) is 0 Å². The Balaban J connectivity index is 1.36. The average molecular weight is 260 g/mol. The Hall–Kier alpha value is -0.900. The zero-order valence-corrected chi connectivity index (χ0v) is 11.5. The number of nitrogens with one attached hydrogen (secondary N) is 1. The summed E-state index contributed by atoms with van der Waals surface area (Å²) in [5, 5.41) is 13.5. The van der Waals surface area contributed by atoms with Crippen LogP contribution >= 0.6 is 0 Å². The van der Waals surface area contributed by atoms with Crippen molar-refractivity contribution in [1.29, 1.82) is 0 Å². The topological polar surface area (TPSA) is 35.5 Å². The molecular weight excluding hydrogens is 236 g/mol. The molecule has 1 heterocycles. The third-order valence-electron chi connectivity index (χ3n) is 4.34. The summed E-state index contributed by atoms with van der Waals surface area (Å²) in [4.78, 5) is 2.64. The molecule has 1 aliphatic carbocycles. The van der Waals surface area contributed by atoms with Gasteiger partial charge in [0, 0.05) is 19.1 Å². The van der Waals surface area contributed by atoms with Crippen LogP contribution in [0, 0.1) is 5.92 Å². The lowest BCUT2D eigenvalue weighted by molar-refractivity contribution is 0.172. The van der Waals surface area contributed by atoms with Crippen LogP contribution in [0.5, 0.6) is 0 Å². The number of benzene rings is 1. The molecule has 0 aromatic heterocycles. The first kappa shape index (κ1) is 13.1. The van der Waals surface area contributed by atoms with E-state index in [0.29, 0.717) is 6.54 Å². The van der Waals surface area contributed by atoms with Gasteiger partial charge in [0.2, 0.25) is 0 Å². The van der Waals surface area contributed by atoms with Crippen molar-refractivity contribution in [1.82, 2.24) is 10.2 Å². The summed E-state index contributed by atoms with van der Waals surface area (Å²) in [5.74, 6) is 0.767. The van der Waals surface area contributed by atoms with E-state index in [-0.39, 0.29) is 6.10 Å². The number of aliphatic hydroxyl groups is 1. The first-order valence-corrected chi connectivity index (χ1v) is 7.50. The van der Waals surface area contributed by atoms with Crippen LogP contribution in [0.15, 0.2) is 30.3 Å². The van der Waals surface area contributed by atoms with Crippen molar-refractivity contribution in [3.63, 3.8) is 0 Å². The molecule has 2 N–H and O–H groups in total. The van der Waals surface area contributed by atoms with Crippen LogP contribution in [0.3, 0.4) is 0 Å². The maximum atomic E-state index is 10.1. The van der Waals surface area contributed by atoms with Crippen molar-refractivity contribution >= 4 is 0 Å². The Morgan fingerprint density at radius 1 is 1.21 bits per heavy atom. The molecule has 1 aromatic rings. The third-order valence-corrected chi connectivity index (χ3v) is 4.34. The highest BCUT2D eigenvalue weighted by molar-refractivity contribution is 5.17. The van der Waals surface area contributed by atoms with E-state index in [2.05, 4.69) is 10.2 Å². The van der Waals surface area contributed by atoms with Crippen LogP contribution in [0.2, 0.25) is 0 Å². The molecule has 3 rings (SSSR count). The van der Waals surface area contributed by atoms with Gasteiger partial charge < -0.3 is 15.3 Å². The molecule has 2 fully saturated rings. The Morgan fingerprint density at radius 3 is 2.74 bits per heavy atom. The van der Waals surface area contributed by atoms with Crippen LogP contribution in [0.4, 0.5) is 0 Å². The minimum atomic E-state index is -0.387. The van der Waals surface area contributed by atoms with Gasteiger partial charge >= 0.3 is 0 Å². The van der Waals surface area contributed by atoms with E-state index < -0.39 is 0 Å². The molecule has 1 saturated carbocycles. The summed E-state index contributed by atoms with van der Waals surface area (Å²) in [6.07, 6.45) is 3.74. The predicted molar refractivity (Wildman–Crippen MR) is 77.0 cm³/mol. The first-order valence-electron chi connectivity index (χ1n) is 7.50. The number of likely N-dealkylation sites (tertiary alicyclic amines) is 1. The number of hydrogen-bond donors (Lipinski definition) is 2. The van der Waals surface area contributed by atoms with Gasteiger partial charge in [0.15, 0.2) is 0 Å². The molecule has 2 atom stereocenters. The highest BCUT2D eigenvalue weighted by Crippen LogP contribution is 2.31. The first-order chi connectivity index (χ1) is 9.33. The summed E-state index contributed by atoms with van der Waals surface area (Å²) in [5.41, 5.74) is 1.00.